The largest absolute Gasteiger partial charge is 0.271 e. The number of nitrogens with zero attached hydrogens (tertiary/aromatic N) is 2. The van der Waals surface area contributed by atoms with E-state index in [1.54, 1.807) is 4.68 Å². The van der Waals surface area contributed by atoms with Crippen LogP contribution in [0.15, 0.2) is 22.7 Å². The number of benzene rings is 1. The smallest absolute Gasteiger partial charge is 0.128 e. The van der Waals surface area contributed by atoms with Gasteiger partial charge in [0.2, 0.25) is 0 Å². The van der Waals surface area contributed by atoms with E-state index in [1.807, 2.05) is 14.0 Å². The summed E-state index contributed by atoms with van der Waals surface area (Å²) >= 11 is 3.51. The standard InChI is InChI=1S/C14H17BrF2N4/c1-3-11-14(15)13(21(2)20-11)7-12(19-18)9-6-8(16)4-5-10(9)17/h4-6,12,19H,3,7,18H2,1-2H3. The molecule has 4 nitrogen and oxygen atoms in total. The molecule has 1 aromatic heterocycles. The highest BCUT2D eigenvalue weighted by atomic mass is 79.9. The molecule has 1 heterocycles. The first kappa shape index (κ1) is 16.1. The minimum atomic E-state index is -0.544. The number of nitrogens with one attached hydrogen (secondary N) is 1. The van der Waals surface area contributed by atoms with Gasteiger partial charge in [0.15, 0.2) is 0 Å². The number of hydrogen-bond acceptors (Lipinski definition) is 3. The molecule has 1 aromatic carbocycles. The van der Waals surface area contributed by atoms with E-state index in [0.717, 1.165) is 40.5 Å². The van der Waals surface area contributed by atoms with Gasteiger partial charge in [-0.05, 0) is 40.5 Å². The monoisotopic (exact) mass is 358 g/mol. The van der Waals surface area contributed by atoms with Crippen LogP contribution in [0.25, 0.3) is 0 Å². The van der Waals surface area contributed by atoms with Crippen LogP contribution in [0.3, 0.4) is 0 Å². The normalized spacial score (nSPS) is 12.7. The molecule has 7 heteroatoms. The van der Waals surface area contributed by atoms with E-state index in [-0.39, 0.29) is 5.56 Å². The van der Waals surface area contributed by atoms with Crippen LogP contribution in [-0.4, -0.2) is 9.78 Å². The van der Waals surface area contributed by atoms with Gasteiger partial charge in [0.05, 0.1) is 21.9 Å². The van der Waals surface area contributed by atoms with E-state index in [0.29, 0.717) is 6.42 Å². The number of hydrazine groups is 1. The lowest BCUT2D eigenvalue weighted by Gasteiger charge is -2.17. The maximum Gasteiger partial charge on any atom is 0.128 e. The molecule has 1 unspecified atom stereocenters. The molecular formula is C14H17BrF2N4. The number of aryl methyl sites for hydroxylation is 2. The molecule has 2 rings (SSSR count). The summed E-state index contributed by atoms with van der Waals surface area (Å²) in [6.07, 6.45) is 1.17. The third kappa shape index (κ3) is 3.30. The number of rotatable bonds is 5. The van der Waals surface area contributed by atoms with Crippen LogP contribution in [0.5, 0.6) is 0 Å². The molecule has 0 spiro atoms. The Hall–Kier alpha value is -1.31. The number of aromatic nitrogens is 2. The van der Waals surface area contributed by atoms with E-state index in [1.165, 1.54) is 0 Å². The summed E-state index contributed by atoms with van der Waals surface area (Å²) in [6, 6.07) is 2.80. The Morgan fingerprint density at radius 3 is 2.71 bits per heavy atom. The van der Waals surface area contributed by atoms with Gasteiger partial charge in [-0.15, -0.1) is 0 Å². The Morgan fingerprint density at radius 1 is 1.43 bits per heavy atom. The van der Waals surface area contributed by atoms with Gasteiger partial charge in [-0.3, -0.25) is 16.0 Å². The minimum Gasteiger partial charge on any atom is -0.271 e. The van der Waals surface area contributed by atoms with E-state index in [9.17, 15) is 8.78 Å². The molecule has 0 fully saturated rings. The summed E-state index contributed by atoms with van der Waals surface area (Å²) in [5.41, 5.74) is 4.54. The third-order valence-corrected chi connectivity index (χ3v) is 4.35. The Kier molecular flexibility index (Phi) is 5.08. The average Bonchev–Trinajstić information content (AvgIpc) is 2.74. The zero-order valence-corrected chi connectivity index (χ0v) is 13.4. The van der Waals surface area contributed by atoms with Crippen molar-refractivity contribution in [2.24, 2.45) is 12.9 Å². The quantitative estimate of drug-likeness (QED) is 0.638. The summed E-state index contributed by atoms with van der Waals surface area (Å²) < 4.78 is 29.8. The van der Waals surface area contributed by atoms with Crippen molar-refractivity contribution < 1.29 is 8.78 Å². The fourth-order valence-electron chi connectivity index (χ4n) is 2.28. The van der Waals surface area contributed by atoms with E-state index >= 15 is 0 Å². The molecule has 0 aliphatic heterocycles. The number of nitrogens with two attached hydrogens (primary N) is 1. The number of halogens is 3. The van der Waals surface area contributed by atoms with Crippen LogP contribution < -0.4 is 11.3 Å². The van der Waals surface area contributed by atoms with Gasteiger partial charge >= 0.3 is 0 Å². The molecule has 1 atom stereocenters. The van der Waals surface area contributed by atoms with Gasteiger partial charge in [0.1, 0.15) is 11.6 Å². The van der Waals surface area contributed by atoms with Gasteiger partial charge in [-0.1, -0.05) is 6.92 Å². The molecule has 0 amide bonds. The second kappa shape index (κ2) is 6.64. The van der Waals surface area contributed by atoms with Crippen molar-refractivity contribution in [3.63, 3.8) is 0 Å². The maximum atomic E-state index is 13.9. The van der Waals surface area contributed by atoms with Gasteiger partial charge in [0, 0.05) is 19.0 Å². The Bertz CT molecular complexity index is 642. The fraction of sp³-hybridized carbons (Fsp3) is 0.357. The second-order valence-electron chi connectivity index (χ2n) is 4.77. The molecule has 0 saturated carbocycles. The molecule has 0 saturated heterocycles. The first-order valence-corrected chi connectivity index (χ1v) is 7.38. The summed E-state index contributed by atoms with van der Waals surface area (Å²) in [5, 5.41) is 4.38. The second-order valence-corrected chi connectivity index (χ2v) is 5.57. The Morgan fingerprint density at radius 2 is 2.14 bits per heavy atom. The highest BCUT2D eigenvalue weighted by Gasteiger charge is 2.21. The molecule has 3 N–H and O–H groups in total. The first-order chi connectivity index (χ1) is 9.97. The van der Waals surface area contributed by atoms with Gasteiger partial charge in [-0.25, -0.2) is 8.78 Å². The molecule has 0 aliphatic carbocycles. The molecule has 21 heavy (non-hydrogen) atoms. The predicted octanol–water partition coefficient (Wildman–Crippen LogP) is 2.77. The van der Waals surface area contributed by atoms with E-state index < -0.39 is 17.7 Å². The highest BCUT2D eigenvalue weighted by molar-refractivity contribution is 9.10. The van der Waals surface area contributed by atoms with Crippen LogP contribution in [0.2, 0.25) is 0 Å². The van der Waals surface area contributed by atoms with E-state index in [4.69, 9.17) is 5.84 Å². The molecule has 0 radical (unpaired) electrons. The SMILES string of the molecule is CCc1nn(C)c(CC(NN)c2cc(F)ccc2F)c1Br. The molecule has 2 aromatic rings. The lowest BCUT2D eigenvalue weighted by atomic mass is 10.0. The van der Waals surface area contributed by atoms with Crippen molar-refractivity contribution in [3.8, 4) is 0 Å². The fourth-order valence-corrected chi connectivity index (χ4v) is 3.05. The zero-order chi connectivity index (χ0) is 15.6. The van der Waals surface area contributed by atoms with Crippen LogP contribution >= 0.6 is 15.9 Å². The lowest BCUT2D eigenvalue weighted by Crippen LogP contribution is -2.31. The van der Waals surface area contributed by atoms with Crippen LogP contribution in [0, 0.1) is 11.6 Å². The minimum absolute atomic E-state index is 0.198. The lowest BCUT2D eigenvalue weighted by molar-refractivity contribution is 0.490. The molecule has 0 aliphatic rings. The summed E-state index contributed by atoms with van der Waals surface area (Å²) in [4.78, 5) is 0. The van der Waals surface area contributed by atoms with Crippen molar-refractivity contribution >= 4 is 15.9 Å². The first-order valence-electron chi connectivity index (χ1n) is 6.59. The summed E-state index contributed by atoms with van der Waals surface area (Å²) in [5.74, 6) is 4.54. The van der Waals surface area contributed by atoms with Crippen LogP contribution in [-0.2, 0) is 19.9 Å². The molecule has 0 bridgehead atoms. The average molecular weight is 359 g/mol. The summed E-state index contributed by atoms with van der Waals surface area (Å²) in [6.45, 7) is 2.00. The van der Waals surface area contributed by atoms with Crippen molar-refractivity contribution in [3.05, 3.63) is 51.3 Å². The van der Waals surface area contributed by atoms with Gasteiger partial charge < -0.3 is 0 Å². The Balaban J connectivity index is 2.36. The molecular weight excluding hydrogens is 342 g/mol. The maximum absolute atomic E-state index is 13.9. The van der Waals surface area contributed by atoms with E-state index in [2.05, 4.69) is 26.5 Å². The van der Waals surface area contributed by atoms with Crippen LogP contribution in [0.1, 0.15) is 29.9 Å². The summed E-state index contributed by atoms with van der Waals surface area (Å²) in [7, 11) is 1.81. The third-order valence-electron chi connectivity index (χ3n) is 3.44. The van der Waals surface area contributed by atoms with Crippen molar-refractivity contribution in [1.29, 1.82) is 0 Å². The van der Waals surface area contributed by atoms with Gasteiger partial charge in [-0.2, -0.15) is 5.10 Å². The number of hydrogen-bond donors (Lipinski definition) is 2. The van der Waals surface area contributed by atoms with Crippen molar-refractivity contribution in [1.82, 2.24) is 15.2 Å². The van der Waals surface area contributed by atoms with Crippen molar-refractivity contribution in [2.45, 2.75) is 25.8 Å². The Labute approximate surface area is 130 Å². The van der Waals surface area contributed by atoms with Gasteiger partial charge in [0.25, 0.3) is 0 Å². The van der Waals surface area contributed by atoms with Crippen molar-refractivity contribution in [2.75, 3.05) is 0 Å². The van der Waals surface area contributed by atoms with Crippen LogP contribution in [0.4, 0.5) is 8.78 Å². The molecule has 114 valence electrons. The highest BCUT2D eigenvalue weighted by Crippen LogP contribution is 2.27. The topological polar surface area (TPSA) is 55.9 Å². The predicted molar refractivity (Wildman–Crippen MR) is 80.4 cm³/mol. The zero-order valence-electron chi connectivity index (χ0n) is 11.8.